The fraction of sp³-hybridized carbons (Fsp3) is 0.571. The summed E-state index contributed by atoms with van der Waals surface area (Å²) in [5.41, 5.74) is 2.60. The minimum absolute atomic E-state index is 0.0644. The molecule has 0 radical (unpaired) electrons. The van der Waals surface area contributed by atoms with E-state index in [0.29, 0.717) is 19.5 Å². The van der Waals surface area contributed by atoms with Crippen LogP contribution >= 0.6 is 0 Å². The smallest absolute Gasteiger partial charge is 0.226 e. The molecule has 1 aliphatic carbocycles. The minimum Gasteiger partial charge on any atom is -0.465 e. The summed E-state index contributed by atoms with van der Waals surface area (Å²) in [5, 5.41) is 3.18. The van der Waals surface area contributed by atoms with E-state index in [-0.39, 0.29) is 29.7 Å². The topological polar surface area (TPSA) is 65.8 Å². The fourth-order valence-corrected chi connectivity index (χ4v) is 6.11. The number of hydrogen-bond acceptors (Lipinski definition) is 4. The molecule has 5 rings (SSSR count). The maximum Gasteiger partial charge on any atom is 0.226 e. The maximum atomic E-state index is 13.6. The highest BCUT2D eigenvalue weighted by Crippen LogP contribution is 2.38. The van der Waals surface area contributed by atoms with E-state index in [1.165, 1.54) is 11.1 Å². The third-order valence-corrected chi connectivity index (χ3v) is 7.95. The van der Waals surface area contributed by atoms with Crippen molar-refractivity contribution in [2.45, 2.75) is 71.0 Å². The van der Waals surface area contributed by atoms with Gasteiger partial charge in [-0.2, -0.15) is 0 Å². The fourth-order valence-electron chi connectivity index (χ4n) is 6.11. The first-order chi connectivity index (χ1) is 16.6. The Bertz CT molecular complexity index is 1020. The van der Waals surface area contributed by atoms with Gasteiger partial charge in [0.05, 0.1) is 12.5 Å². The molecule has 1 saturated carbocycles. The van der Waals surface area contributed by atoms with Crippen LogP contribution in [0.3, 0.4) is 0 Å². The molecule has 2 aliphatic heterocycles. The second-order valence-corrected chi connectivity index (χ2v) is 10.3. The summed E-state index contributed by atoms with van der Waals surface area (Å²) in [7, 11) is 0. The first kappa shape index (κ1) is 23.2. The van der Waals surface area contributed by atoms with Gasteiger partial charge in [-0.25, -0.2) is 0 Å². The van der Waals surface area contributed by atoms with Gasteiger partial charge in [0.2, 0.25) is 11.8 Å². The highest BCUT2D eigenvalue weighted by molar-refractivity contribution is 5.84. The Labute approximate surface area is 202 Å². The van der Waals surface area contributed by atoms with E-state index >= 15 is 0 Å². The maximum absolute atomic E-state index is 13.6. The third kappa shape index (κ3) is 5.07. The molecule has 34 heavy (non-hydrogen) atoms. The second-order valence-electron chi connectivity index (χ2n) is 10.3. The largest absolute Gasteiger partial charge is 0.465 e. The zero-order valence-electron chi connectivity index (χ0n) is 20.3. The van der Waals surface area contributed by atoms with Crippen molar-refractivity contribution in [3.05, 3.63) is 59.0 Å². The SMILES string of the molecule is Cc1ccc(CN2CCCCCCNC(=O)[C@@H]3C[C@@H](C(=O)N4CCc5ccccc5C4)C[C@@H]32)o1. The molecule has 2 aromatic rings. The molecule has 6 nitrogen and oxygen atoms in total. The summed E-state index contributed by atoms with van der Waals surface area (Å²) < 4.78 is 5.90. The third-order valence-electron chi connectivity index (χ3n) is 7.95. The summed E-state index contributed by atoms with van der Waals surface area (Å²) in [4.78, 5) is 31.3. The normalized spacial score (nSPS) is 26.3. The monoisotopic (exact) mass is 463 g/mol. The van der Waals surface area contributed by atoms with Crippen molar-refractivity contribution in [2.75, 3.05) is 19.6 Å². The Morgan fingerprint density at radius 1 is 1.03 bits per heavy atom. The number of hydrogen-bond donors (Lipinski definition) is 1. The van der Waals surface area contributed by atoms with Crippen molar-refractivity contribution in [2.24, 2.45) is 11.8 Å². The van der Waals surface area contributed by atoms with E-state index in [4.69, 9.17) is 4.42 Å². The van der Waals surface area contributed by atoms with Crippen LogP contribution in [0.4, 0.5) is 0 Å². The standard InChI is InChI=1S/C28H37N3O3/c1-20-10-11-24(34-20)19-30-14-7-3-2-6-13-29-27(32)25-16-23(17-26(25)30)28(33)31-15-12-21-8-4-5-9-22(21)18-31/h4-5,8-11,23,25-26H,2-3,6-7,12-19H2,1H3,(H,29,32)/t23-,25-,26+/m1/s1. The number of rotatable bonds is 3. The van der Waals surface area contributed by atoms with Gasteiger partial charge in [-0.1, -0.05) is 37.1 Å². The molecular weight excluding hydrogens is 426 g/mol. The molecule has 0 unspecified atom stereocenters. The summed E-state index contributed by atoms with van der Waals surface area (Å²) in [6, 6.07) is 12.5. The van der Waals surface area contributed by atoms with Crippen LogP contribution in [0.2, 0.25) is 0 Å². The van der Waals surface area contributed by atoms with Crippen LogP contribution in [0, 0.1) is 18.8 Å². The van der Waals surface area contributed by atoms with Crippen LogP contribution in [-0.2, 0) is 29.1 Å². The van der Waals surface area contributed by atoms with E-state index < -0.39 is 0 Å². The average Bonchev–Trinajstić information content (AvgIpc) is 3.47. The number of benzene rings is 1. The zero-order chi connectivity index (χ0) is 23.5. The summed E-state index contributed by atoms with van der Waals surface area (Å²) in [6.07, 6.45) is 6.73. The average molecular weight is 464 g/mol. The second kappa shape index (κ2) is 10.3. The Kier molecular flexibility index (Phi) is 7.05. The lowest BCUT2D eigenvalue weighted by molar-refractivity contribution is -0.136. The van der Waals surface area contributed by atoms with Gasteiger partial charge in [-0.3, -0.25) is 14.5 Å². The van der Waals surface area contributed by atoms with Crippen LogP contribution in [0.5, 0.6) is 0 Å². The summed E-state index contributed by atoms with van der Waals surface area (Å²) in [6.45, 7) is 5.78. The molecule has 6 heteroatoms. The van der Waals surface area contributed by atoms with Gasteiger partial charge in [0.25, 0.3) is 0 Å². The molecule has 182 valence electrons. The van der Waals surface area contributed by atoms with Crippen LogP contribution in [0.15, 0.2) is 40.8 Å². The molecule has 3 aliphatic rings. The van der Waals surface area contributed by atoms with E-state index in [0.717, 1.165) is 69.7 Å². The lowest BCUT2D eigenvalue weighted by Crippen LogP contribution is -2.44. The van der Waals surface area contributed by atoms with Crippen LogP contribution in [0.25, 0.3) is 0 Å². The predicted octanol–water partition coefficient (Wildman–Crippen LogP) is 4.06. The molecule has 3 heterocycles. The summed E-state index contributed by atoms with van der Waals surface area (Å²) in [5.74, 6) is 1.93. The number of fused-ring (bicyclic) bond motifs is 2. The van der Waals surface area contributed by atoms with Gasteiger partial charge in [-0.05, 0) is 68.8 Å². The Morgan fingerprint density at radius 3 is 2.68 bits per heavy atom. The van der Waals surface area contributed by atoms with Crippen LogP contribution in [0.1, 0.15) is 61.2 Å². The molecule has 0 spiro atoms. The molecule has 1 aromatic carbocycles. The van der Waals surface area contributed by atoms with Crippen LogP contribution < -0.4 is 5.32 Å². The molecule has 1 saturated heterocycles. The lowest BCUT2D eigenvalue weighted by Gasteiger charge is -2.32. The van der Waals surface area contributed by atoms with Gasteiger partial charge < -0.3 is 14.6 Å². The Morgan fingerprint density at radius 2 is 1.85 bits per heavy atom. The Balaban J connectivity index is 1.35. The van der Waals surface area contributed by atoms with Crippen molar-refractivity contribution in [1.29, 1.82) is 0 Å². The lowest BCUT2D eigenvalue weighted by atomic mass is 9.97. The predicted molar refractivity (Wildman–Crippen MR) is 131 cm³/mol. The first-order valence-electron chi connectivity index (χ1n) is 13.0. The quantitative estimate of drug-likeness (QED) is 0.746. The summed E-state index contributed by atoms with van der Waals surface area (Å²) >= 11 is 0. The van der Waals surface area contributed by atoms with Gasteiger partial charge in [-0.15, -0.1) is 0 Å². The number of furan rings is 1. The zero-order valence-corrected chi connectivity index (χ0v) is 20.3. The van der Waals surface area contributed by atoms with Crippen molar-refractivity contribution < 1.29 is 14.0 Å². The van der Waals surface area contributed by atoms with E-state index in [9.17, 15) is 9.59 Å². The van der Waals surface area contributed by atoms with Crippen LogP contribution in [-0.4, -0.2) is 47.3 Å². The molecule has 1 aromatic heterocycles. The highest BCUT2D eigenvalue weighted by atomic mass is 16.3. The van der Waals surface area contributed by atoms with Crippen molar-refractivity contribution >= 4 is 11.8 Å². The number of aryl methyl sites for hydroxylation is 1. The number of amides is 2. The minimum atomic E-state index is -0.153. The van der Waals surface area contributed by atoms with E-state index in [1.807, 2.05) is 24.0 Å². The Hall–Kier alpha value is -2.60. The highest BCUT2D eigenvalue weighted by Gasteiger charge is 2.45. The molecular formula is C28H37N3O3. The molecule has 1 N–H and O–H groups in total. The first-order valence-corrected chi connectivity index (χ1v) is 13.0. The van der Waals surface area contributed by atoms with E-state index in [1.54, 1.807) is 0 Å². The molecule has 0 bridgehead atoms. The van der Waals surface area contributed by atoms with Gasteiger partial charge in [0.1, 0.15) is 11.5 Å². The van der Waals surface area contributed by atoms with Gasteiger partial charge in [0.15, 0.2) is 0 Å². The van der Waals surface area contributed by atoms with Gasteiger partial charge in [0, 0.05) is 31.6 Å². The number of nitrogens with one attached hydrogen (secondary N) is 1. The van der Waals surface area contributed by atoms with Crippen molar-refractivity contribution in [3.8, 4) is 0 Å². The molecule has 2 amide bonds. The van der Waals surface area contributed by atoms with E-state index in [2.05, 4.69) is 34.5 Å². The van der Waals surface area contributed by atoms with Gasteiger partial charge >= 0.3 is 0 Å². The van der Waals surface area contributed by atoms with Crippen molar-refractivity contribution in [1.82, 2.24) is 15.1 Å². The number of carbonyl (C=O) groups excluding carboxylic acids is 2. The number of carbonyl (C=O) groups is 2. The molecule has 2 fully saturated rings. The van der Waals surface area contributed by atoms with Crippen molar-refractivity contribution in [3.63, 3.8) is 0 Å². The molecule has 3 atom stereocenters. The number of nitrogens with zero attached hydrogens (tertiary/aromatic N) is 2.